The van der Waals surface area contributed by atoms with Crippen LogP contribution in [0.3, 0.4) is 0 Å². The molecule has 1 aromatic heterocycles. The summed E-state index contributed by atoms with van der Waals surface area (Å²) in [6.45, 7) is 2.18. The van der Waals surface area contributed by atoms with Gasteiger partial charge in [-0.2, -0.15) is 8.42 Å². The molecule has 0 fully saturated rings. The lowest BCUT2D eigenvalue weighted by molar-refractivity contribution is 0.339. The Labute approximate surface area is 132 Å². The van der Waals surface area contributed by atoms with Gasteiger partial charge < -0.3 is 4.74 Å². The van der Waals surface area contributed by atoms with E-state index in [0.717, 1.165) is 4.09 Å². The molecule has 0 atom stereocenters. The van der Waals surface area contributed by atoms with Crippen LogP contribution in [0.15, 0.2) is 47.4 Å². The summed E-state index contributed by atoms with van der Waals surface area (Å²) in [7, 11) is -3.88. The molecule has 6 nitrogen and oxygen atoms in total. The molecule has 0 saturated carbocycles. The second-order valence-corrected chi connectivity index (χ2v) is 6.63. The molecular formula is C14H12ClN3O3S. The van der Waals surface area contributed by atoms with Crippen LogP contribution in [-0.4, -0.2) is 29.4 Å². The molecule has 8 heteroatoms. The molecule has 0 radical (unpaired) electrons. The van der Waals surface area contributed by atoms with Crippen molar-refractivity contribution in [1.82, 2.24) is 14.4 Å². The summed E-state index contributed by atoms with van der Waals surface area (Å²) >= 11 is 5.99. The third-order valence-corrected chi connectivity index (χ3v) is 4.94. The van der Waals surface area contributed by atoms with E-state index in [1.807, 2.05) is 0 Å². The van der Waals surface area contributed by atoms with E-state index in [1.165, 1.54) is 18.2 Å². The van der Waals surface area contributed by atoms with Crippen molar-refractivity contribution in [3.8, 4) is 5.75 Å². The lowest BCUT2D eigenvalue weighted by Gasteiger charge is -2.09. The summed E-state index contributed by atoms with van der Waals surface area (Å²) in [6, 6.07) is 11.1. The number of fused-ring (bicyclic) bond motifs is 1. The van der Waals surface area contributed by atoms with Gasteiger partial charge in [-0.3, -0.25) is 0 Å². The van der Waals surface area contributed by atoms with Gasteiger partial charge in [-0.05, 0) is 31.2 Å². The highest BCUT2D eigenvalue weighted by molar-refractivity contribution is 7.90. The highest BCUT2D eigenvalue weighted by Gasteiger charge is 2.22. The van der Waals surface area contributed by atoms with Gasteiger partial charge in [0, 0.05) is 6.07 Å². The van der Waals surface area contributed by atoms with E-state index < -0.39 is 10.0 Å². The van der Waals surface area contributed by atoms with Crippen molar-refractivity contribution >= 4 is 32.7 Å². The molecule has 0 unspecified atom stereocenters. The maximum Gasteiger partial charge on any atom is 0.285 e. The summed E-state index contributed by atoms with van der Waals surface area (Å²) in [5.74, 6) is 0.315. The smallest absolute Gasteiger partial charge is 0.285 e. The highest BCUT2D eigenvalue weighted by Crippen LogP contribution is 2.29. The molecule has 0 bridgehead atoms. The average molecular weight is 338 g/mol. The fourth-order valence-corrected chi connectivity index (χ4v) is 3.45. The van der Waals surface area contributed by atoms with Gasteiger partial charge in [-0.15, -0.1) is 9.19 Å². The number of ether oxygens (including phenoxy) is 1. The molecular weight excluding hydrogens is 326 g/mol. The SMILES string of the molecule is CCOc1cc(S(=O)(=O)n2nnc3ccccc32)ccc1Cl. The van der Waals surface area contributed by atoms with E-state index in [-0.39, 0.29) is 4.90 Å². The first-order chi connectivity index (χ1) is 10.5. The summed E-state index contributed by atoms with van der Waals surface area (Å²) in [6.07, 6.45) is 0. The summed E-state index contributed by atoms with van der Waals surface area (Å²) in [4.78, 5) is 0.0380. The number of halogens is 1. The van der Waals surface area contributed by atoms with Gasteiger partial charge in [0.2, 0.25) is 0 Å². The van der Waals surface area contributed by atoms with Crippen LogP contribution >= 0.6 is 11.6 Å². The van der Waals surface area contributed by atoms with Gasteiger partial charge in [0.1, 0.15) is 16.8 Å². The molecule has 1 heterocycles. The number of hydrogen-bond acceptors (Lipinski definition) is 5. The number of benzene rings is 2. The Morgan fingerprint density at radius 1 is 1.23 bits per heavy atom. The van der Waals surface area contributed by atoms with Crippen molar-refractivity contribution in [1.29, 1.82) is 0 Å². The fourth-order valence-electron chi connectivity index (χ4n) is 2.04. The summed E-state index contributed by atoms with van der Waals surface area (Å²) in [5.41, 5.74) is 0.917. The zero-order chi connectivity index (χ0) is 15.7. The van der Waals surface area contributed by atoms with Crippen LogP contribution in [-0.2, 0) is 10.0 Å². The van der Waals surface area contributed by atoms with Crippen molar-refractivity contribution in [3.05, 3.63) is 47.5 Å². The van der Waals surface area contributed by atoms with Gasteiger partial charge in [0.05, 0.1) is 16.5 Å². The van der Waals surface area contributed by atoms with E-state index in [1.54, 1.807) is 31.2 Å². The summed E-state index contributed by atoms with van der Waals surface area (Å²) in [5, 5.41) is 7.96. The topological polar surface area (TPSA) is 74.1 Å². The van der Waals surface area contributed by atoms with Crippen molar-refractivity contribution in [2.45, 2.75) is 11.8 Å². The van der Waals surface area contributed by atoms with Gasteiger partial charge in [0.25, 0.3) is 10.0 Å². The van der Waals surface area contributed by atoms with Crippen LogP contribution in [0.2, 0.25) is 5.02 Å². The van der Waals surface area contributed by atoms with E-state index in [0.29, 0.717) is 28.4 Å². The number of rotatable bonds is 4. The van der Waals surface area contributed by atoms with Crippen LogP contribution in [0, 0.1) is 0 Å². The molecule has 0 amide bonds. The van der Waals surface area contributed by atoms with Crippen LogP contribution in [0.5, 0.6) is 5.75 Å². The second-order valence-electron chi connectivity index (χ2n) is 4.45. The number of nitrogens with zero attached hydrogens (tertiary/aromatic N) is 3. The maximum absolute atomic E-state index is 12.7. The van der Waals surface area contributed by atoms with Gasteiger partial charge in [-0.1, -0.05) is 28.9 Å². The molecule has 3 rings (SSSR count). The normalized spacial score (nSPS) is 11.7. The lowest BCUT2D eigenvalue weighted by atomic mass is 10.3. The minimum Gasteiger partial charge on any atom is -0.492 e. The van der Waals surface area contributed by atoms with Crippen LogP contribution in [0.25, 0.3) is 11.0 Å². The Morgan fingerprint density at radius 3 is 2.77 bits per heavy atom. The Balaban J connectivity index is 2.16. The minimum absolute atomic E-state index is 0.0380. The summed E-state index contributed by atoms with van der Waals surface area (Å²) < 4.78 is 31.7. The molecule has 0 N–H and O–H groups in total. The van der Waals surface area contributed by atoms with E-state index in [4.69, 9.17) is 16.3 Å². The van der Waals surface area contributed by atoms with Gasteiger partial charge >= 0.3 is 0 Å². The minimum atomic E-state index is -3.88. The van der Waals surface area contributed by atoms with E-state index >= 15 is 0 Å². The number of aromatic nitrogens is 3. The van der Waals surface area contributed by atoms with E-state index in [9.17, 15) is 8.42 Å². The number of para-hydroxylation sites is 1. The Morgan fingerprint density at radius 2 is 2.00 bits per heavy atom. The standard InChI is InChI=1S/C14H12ClN3O3S/c1-2-21-14-9-10(7-8-11(14)15)22(19,20)18-13-6-4-3-5-12(13)16-17-18/h3-9H,2H2,1H3. The third kappa shape index (κ3) is 2.42. The molecule has 22 heavy (non-hydrogen) atoms. The molecule has 3 aromatic rings. The quantitative estimate of drug-likeness (QED) is 0.731. The molecule has 114 valence electrons. The van der Waals surface area contributed by atoms with Gasteiger partial charge in [-0.25, -0.2) is 0 Å². The van der Waals surface area contributed by atoms with Crippen molar-refractivity contribution in [3.63, 3.8) is 0 Å². The van der Waals surface area contributed by atoms with Crippen LogP contribution in [0.1, 0.15) is 6.92 Å². The molecule has 0 aliphatic carbocycles. The van der Waals surface area contributed by atoms with Crippen molar-refractivity contribution in [2.24, 2.45) is 0 Å². The zero-order valence-electron chi connectivity index (χ0n) is 11.6. The Bertz CT molecular complexity index is 937. The van der Waals surface area contributed by atoms with E-state index in [2.05, 4.69) is 10.3 Å². The largest absolute Gasteiger partial charge is 0.492 e. The maximum atomic E-state index is 12.7. The first-order valence-electron chi connectivity index (χ1n) is 6.52. The molecule has 0 saturated heterocycles. The monoisotopic (exact) mass is 337 g/mol. The first kappa shape index (κ1) is 14.8. The lowest BCUT2D eigenvalue weighted by Crippen LogP contribution is -2.14. The Hall–Kier alpha value is -2.12. The van der Waals surface area contributed by atoms with Crippen molar-refractivity contribution in [2.75, 3.05) is 6.61 Å². The predicted molar refractivity (Wildman–Crippen MR) is 82.7 cm³/mol. The van der Waals surface area contributed by atoms with Gasteiger partial charge in [0.15, 0.2) is 0 Å². The second kappa shape index (κ2) is 5.58. The molecule has 0 aliphatic heterocycles. The molecule has 0 spiro atoms. The van der Waals surface area contributed by atoms with Crippen LogP contribution < -0.4 is 4.74 Å². The molecule has 2 aromatic carbocycles. The average Bonchev–Trinajstić information content (AvgIpc) is 2.94. The Kier molecular flexibility index (Phi) is 3.76. The first-order valence-corrected chi connectivity index (χ1v) is 8.34. The predicted octanol–water partition coefficient (Wildman–Crippen LogP) is 2.72. The third-order valence-electron chi connectivity index (χ3n) is 3.05. The van der Waals surface area contributed by atoms with Crippen molar-refractivity contribution < 1.29 is 13.2 Å². The number of hydrogen-bond donors (Lipinski definition) is 0. The zero-order valence-corrected chi connectivity index (χ0v) is 13.2. The highest BCUT2D eigenvalue weighted by atomic mass is 35.5. The molecule has 0 aliphatic rings. The fraction of sp³-hybridized carbons (Fsp3) is 0.143. The van der Waals surface area contributed by atoms with Crippen LogP contribution in [0.4, 0.5) is 0 Å².